The van der Waals surface area contributed by atoms with E-state index in [0.29, 0.717) is 71.1 Å². The topological polar surface area (TPSA) is 230 Å². The zero-order valence-corrected chi connectivity index (χ0v) is 51.9. The molecule has 504 valence electrons. The minimum absolute atomic E-state index is 0. The SMILES string of the molecule is C.CCOC(=O)c1cc(-c2ccc(F)cc2F)c2c(n1)[C@@H]1CC[C@H](C2)O1.CCOC(=O)c1cc(-c2ccc(F)cc2F)c2c(n1)[C@H]1CC[C@@H](C2)O1.NC(=O)c1cc(-c2ccc(F)cc2F)c2c(n1)[C@@H]1CC[C@H](C2)N1.NC(=O)c1cc(-c2ccc(F)cc2F)c2c(n1)[C@H]1CC[C@@H](C2)O1. The molecule has 8 aromatic rings. The summed E-state index contributed by atoms with van der Waals surface area (Å²) in [6.07, 6.45) is 9.30. The van der Waals surface area contributed by atoms with E-state index in [0.717, 1.165) is 104 Å². The molecule has 16 rings (SSSR count). The van der Waals surface area contributed by atoms with Crippen LogP contribution in [0.25, 0.3) is 44.5 Å². The summed E-state index contributed by atoms with van der Waals surface area (Å²) in [5, 5.41) is 3.45. The zero-order chi connectivity index (χ0) is 67.4. The highest BCUT2D eigenvalue weighted by Gasteiger charge is 2.41. The van der Waals surface area contributed by atoms with E-state index in [1.807, 2.05) is 0 Å². The standard InChI is InChI=1S/2C19H17F2NO3.C17H15F2N3O.C17H14F2N2O2.CH4/c2*1-2-24-19(23)16-9-13(12-5-3-10(20)7-15(12)21)14-8-11-4-6-17(25-11)18(14)22-16;18-8-1-3-10(13(19)5-8)11-7-15(17(20)23)22-16-12(11)6-9-2-4-14(16)21-9;18-8-1-3-10(13(19)5-8)11-7-14(17(20)22)21-16-12(11)6-9-2-4-15(16)23-9;/h2*3,5,7,9,11,17H,2,4,6,8H2,1H3;1,3,5,7,9,14,21H,2,4,6H2,(H2,20,23);1,3,5,7,9,15H,2,4,6H2,(H2,20,22);1H4/t2*11-,17+;9-,14+;9-,15+;/m1010./s1. The van der Waals surface area contributed by atoms with Crippen LogP contribution < -0.4 is 16.8 Å². The highest BCUT2D eigenvalue weighted by molar-refractivity contribution is 5.94. The number of carbonyl (C=O) groups is 4. The van der Waals surface area contributed by atoms with Crippen LogP contribution in [0, 0.1) is 46.5 Å². The van der Waals surface area contributed by atoms with Crippen molar-refractivity contribution < 1.29 is 78.0 Å². The molecule has 8 aliphatic rings. The van der Waals surface area contributed by atoms with Gasteiger partial charge in [0.2, 0.25) is 0 Å². The monoisotopic (exact) mass is 1340 g/mol. The van der Waals surface area contributed by atoms with Gasteiger partial charge in [-0.15, -0.1) is 0 Å². The maximum absolute atomic E-state index is 14.4. The molecule has 0 unspecified atom stereocenters. The van der Waals surface area contributed by atoms with Crippen LogP contribution in [0.4, 0.5) is 35.1 Å². The predicted octanol–water partition coefficient (Wildman–Crippen LogP) is 14.0. The molecule has 4 aromatic heterocycles. The molecule has 8 atom stereocenters. The van der Waals surface area contributed by atoms with Gasteiger partial charge in [-0.1, -0.05) is 7.43 Å². The third-order valence-electron chi connectivity index (χ3n) is 18.5. The number of hydrogen-bond donors (Lipinski definition) is 3. The van der Waals surface area contributed by atoms with Crippen molar-refractivity contribution in [3.05, 3.63) is 211 Å². The van der Waals surface area contributed by atoms with E-state index in [1.54, 1.807) is 13.8 Å². The van der Waals surface area contributed by atoms with E-state index >= 15 is 0 Å². The van der Waals surface area contributed by atoms with E-state index in [4.69, 9.17) is 35.2 Å². The zero-order valence-electron chi connectivity index (χ0n) is 51.9. The van der Waals surface area contributed by atoms with Gasteiger partial charge in [0.05, 0.1) is 60.3 Å². The molecular weight excluding hydrogens is 1270 g/mol. The number of pyridine rings is 4. The van der Waals surface area contributed by atoms with Gasteiger partial charge in [-0.25, -0.2) is 64.6 Å². The summed E-state index contributed by atoms with van der Waals surface area (Å²) in [7, 11) is 0. The quantitative estimate of drug-likeness (QED) is 0.0854. The second-order valence-electron chi connectivity index (χ2n) is 24.6. The summed E-state index contributed by atoms with van der Waals surface area (Å²) < 4.78 is 138. The minimum atomic E-state index is -0.684. The summed E-state index contributed by atoms with van der Waals surface area (Å²) in [5.74, 6) is -7.68. The first-order chi connectivity index (χ1) is 46.2. The number of nitrogens with two attached hydrogens (primary N) is 2. The van der Waals surface area contributed by atoms with Crippen molar-refractivity contribution in [3.63, 3.8) is 0 Å². The van der Waals surface area contributed by atoms with Gasteiger partial charge in [0.25, 0.3) is 11.8 Å². The van der Waals surface area contributed by atoms with E-state index < -0.39 is 70.3 Å². The van der Waals surface area contributed by atoms with Gasteiger partial charge in [0, 0.05) is 71.8 Å². The van der Waals surface area contributed by atoms with Gasteiger partial charge in [-0.2, -0.15) is 0 Å². The molecule has 0 aliphatic carbocycles. The van der Waals surface area contributed by atoms with Crippen LogP contribution in [0.5, 0.6) is 0 Å². The lowest BCUT2D eigenvalue weighted by Gasteiger charge is -2.26. The van der Waals surface area contributed by atoms with Crippen LogP contribution in [0.2, 0.25) is 0 Å². The Morgan fingerprint density at radius 1 is 0.412 bits per heavy atom. The van der Waals surface area contributed by atoms with Crippen LogP contribution in [-0.2, 0) is 49.4 Å². The number of fused-ring (bicyclic) bond motifs is 16. The minimum Gasteiger partial charge on any atom is -0.461 e. The third kappa shape index (κ3) is 13.7. The third-order valence-corrected chi connectivity index (χ3v) is 18.5. The Labute approximate surface area is 552 Å². The molecule has 4 fully saturated rings. The van der Waals surface area contributed by atoms with Crippen LogP contribution in [0.3, 0.4) is 0 Å². The van der Waals surface area contributed by atoms with Gasteiger partial charge >= 0.3 is 11.9 Å². The van der Waals surface area contributed by atoms with Crippen molar-refractivity contribution in [2.75, 3.05) is 13.2 Å². The highest BCUT2D eigenvalue weighted by Crippen LogP contribution is 2.48. The maximum Gasteiger partial charge on any atom is 0.356 e. The summed E-state index contributed by atoms with van der Waals surface area (Å²) >= 11 is 0. The largest absolute Gasteiger partial charge is 0.461 e. The lowest BCUT2D eigenvalue weighted by molar-refractivity contribution is 0.0288. The van der Waals surface area contributed by atoms with E-state index in [9.17, 15) is 54.3 Å². The molecule has 0 spiro atoms. The molecule has 4 aromatic carbocycles. The fraction of sp³-hybridized carbons (Fsp3) is 0.342. The molecule has 0 radical (unpaired) electrons. The molecule has 97 heavy (non-hydrogen) atoms. The fourth-order valence-corrected chi connectivity index (χ4v) is 14.3. The van der Waals surface area contributed by atoms with Crippen LogP contribution in [-0.4, -0.2) is 81.3 Å². The molecule has 4 saturated heterocycles. The number of benzene rings is 4. The first kappa shape index (κ1) is 67.6. The number of halogens is 8. The van der Waals surface area contributed by atoms with Crippen molar-refractivity contribution in [2.24, 2.45) is 11.5 Å². The number of aromatic nitrogens is 4. The van der Waals surface area contributed by atoms with E-state index in [2.05, 4.69) is 25.3 Å². The van der Waals surface area contributed by atoms with E-state index in [-0.39, 0.29) is 108 Å². The normalized spacial score (nSPS) is 21.3. The number of carbonyl (C=O) groups excluding carboxylic acids is 4. The number of nitrogens with zero attached hydrogens (tertiary/aromatic N) is 4. The Morgan fingerprint density at radius 2 is 0.722 bits per heavy atom. The molecular formula is C73H67F8N7O9. The van der Waals surface area contributed by atoms with Gasteiger partial charge in [0.15, 0.2) is 0 Å². The smallest absolute Gasteiger partial charge is 0.356 e. The first-order valence-corrected chi connectivity index (χ1v) is 31.8. The summed E-state index contributed by atoms with van der Waals surface area (Å²) in [6, 6.07) is 20.3. The summed E-state index contributed by atoms with van der Waals surface area (Å²) in [4.78, 5) is 65.2. The fourth-order valence-electron chi connectivity index (χ4n) is 14.3. The second kappa shape index (κ2) is 28.0. The average molecular weight is 1340 g/mol. The van der Waals surface area contributed by atoms with Crippen molar-refractivity contribution in [1.29, 1.82) is 0 Å². The molecule has 5 N–H and O–H groups in total. The Bertz CT molecular complexity index is 4190. The van der Waals surface area contributed by atoms with Crippen molar-refractivity contribution in [1.82, 2.24) is 25.3 Å². The van der Waals surface area contributed by atoms with Crippen LogP contribution >= 0.6 is 0 Å². The lowest BCUT2D eigenvalue weighted by atomic mass is 9.90. The number of amides is 2. The van der Waals surface area contributed by atoms with Gasteiger partial charge in [-0.3, -0.25) is 9.59 Å². The number of esters is 2. The Balaban J connectivity index is 0.000000123. The molecule has 0 saturated carbocycles. The van der Waals surface area contributed by atoms with Crippen molar-refractivity contribution in [2.45, 2.75) is 147 Å². The summed E-state index contributed by atoms with van der Waals surface area (Å²) in [5.41, 5.74) is 20.7. The number of rotatable bonds is 10. The average Bonchev–Trinajstić information content (AvgIpc) is 1.77. The molecule has 2 amide bonds. The van der Waals surface area contributed by atoms with Crippen molar-refractivity contribution in [3.8, 4) is 44.5 Å². The van der Waals surface area contributed by atoms with Crippen LogP contribution in [0.15, 0.2) is 97.1 Å². The predicted molar refractivity (Wildman–Crippen MR) is 338 cm³/mol. The Hall–Kier alpha value is -9.36. The van der Waals surface area contributed by atoms with Gasteiger partial charge in [0.1, 0.15) is 87.6 Å². The molecule has 8 aliphatic heterocycles. The van der Waals surface area contributed by atoms with Crippen molar-refractivity contribution >= 4 is 23.8 Å². The molecule has 8 bridgehead atoms. The Morgan fingerprint density at radius 3 is 1.04 bits per heavy atom. The van der Waals surface area contributed by atoms with E-state index in [1.165, 1.54) is 72.8 Å². The molecule has 12 heterocycles. The Kier molecular flexibility index (Phi) is 19.5. The number of ether oxygens (including phenoxy) is 5. The highest BCUT2D eigenvalue weighted by atomic mass is 19.2. The summed E-state index contributed by atoms with van der Waals surface area (Å²) in [6.45, 7) is 3.86. The van der Waals surface area contributed by atoms with Gasteiger partial charge in [-0.05, 0) is 189 Å². The number of hydrogen-bond acceptors (Lipinski definition) is 14. The molecule has 24 heteroatoms. The first-order valence-electron chi connectivity index (χ1n) is 31.8. The second-order valence-corrected chi connectivity index (χ2v) is 24.6. The lowest BCUT2D eigenvalue weighted by Crippen LogP contribution is -2.33. The number of primary amides is 2. The van der Waals surface area contributed by atoms with Crippen LogP contribution in [0.1, 0.15) is 184 Å². The van der Waals surface area contributed by atoms with Gasteiger partial charge < -0.3 is 40.5 Å². The number of nitrogens with one attached hydrogen (secondary N) is 1. The maximum atomic E-state index is 14.4. The molecule has 16 nitrogen and oxygen atoms in total.